The SMILES string of the molecule is CC12CCC(=O)CC1=CCC1C2C(O)CC2(C)C1CCC2(O)C(=O)CS. The lowest BCUT2D eigenvalue weighted by Gasteiger charge is -2.59. The van der Waals surface area contributed by atoms with Gasteiger partial charge in [-0.05, 0) is 55.3 Å². The minimum Gasteiger partial charge on any atom is -0.393 e. The van der Waals surface area contributed by atoms with Crippen molar-refractivity contribution in [1.82, 2.24) is 0 Å². The van der Waals surface area contributed by atoms with Crippen molar-refractivity contribution in [1.29, 1.82) is 0 Å². The first-order valence-electron chi connectivity index (χ1n) is 9.93. The minimum atomic E-state index is -1.38. The molecule has 2 N–H and O–H groups in total. The van der Waals surface area contributed by atoms with Gasteiger partial charge in [-0.2, -0.15) is 12.6 Å². The Morgan fingerprint density at radius 1 is 1.35 bits per heavy atom. The van der Waals surface area contributed by atoms with Crippen molar-refractivity contribution >= 4 is 24.2 Å². The van der Waals surface area contributed by atoms with Gasteiger partial charge >= 0.3 is 0 Å². The van der Waals surface area contributed by atoms with E-state index in [-0.39, 0.29) is 34.7 Å². The lowest BCUT2D eigenvalue weighted by Crippen LogP contribution is -2.61. The van der Waals surface area contributed by atoms with Crippen LogP contribution in [0.2, 0.25) is 0 Å². The Kier molecular flexibility index (Phi) is 4.26. The van der Waals surface area contributed by atoms with Crippen molar-refractivity contribution in [2.75, 3.05) is 5.75 Å². The molecule has 4 nitrogen and oxygen atoms in total. The zero-order chi connectivity index (χ0) is 18.9. The van der Waals surface area contributed by atoms with Gasteiger partial charge in [0.15, 0.2) is 5.78 Å². The molecule has 0 bridgehead atoms. The van der Waals surface area contributed by atoms with E-state index in [1.54, 1.807) is 0 Å². The summed E-state index contributed by atoms with van der Waals surface area (Å²) in [4.78, 5) is 24.5. The Morgan fingerprint density at radius 3 is 2.77 bits per heavy atom. The first kappa shape index (κ1) is 18.7. The summed E-state index contributed by atoms with van der Waals surface area (Å²) in [5.74, 6) is 0.717. The number of aliphatic hydroxyl groups excluding tert-OH is 1. The number of carbonyl (C=O) groups is 2. The van der Waals surface area contributed by atoms with Crippen molar-refractivity contribution in [3.8, 4) is 0 Å². The Labute approximate surface area is 160 Å². The lowest BCUT2D eigenvalue weighted by atomic mass is 9.46. The Balaban J connectivity index is 1.74. The maximum atomic E-state index is 12.5. The van der Waals surface area contributed by atoms with Crippen molar-refractivity contribution in [3.05, 3.63) is 11.6 Å². The number of hydrogen-bond acceptors (Lipinski definition) is 5. The summed E-state index contributed by atoms with van der Waals surface area (Å²) in [5.41, 5.74) is -0.901. The van der Waals surface area contributed by atoms with Gasteiger partial charge in [-0.3, -0.25) is 9.59 Å². The predicted octanol–water partition coefficient (Wildman–Crippen LogP) is 2.72. The predicted molar refractivity (Wildman–Crippen MR) is 102 cm³/mol. The van der Waals surface area contributed by atoms with Crippen LogP contribution in [0, 0.1) is 28.6 Å². The fourth-order valence-electron chi connectivity index (χ4n) is 7.20. The van der Waals surface area contributed by atoms with Gasteiger partial charge in [-0.15, -0.1) is 0 Å². The molecule has 0 aromatic heterocycles. The van der Waals surface area contributed by atoms with Crippen LogP contribution in [0.1, 0.15) is 58.8 Å². The summed E-state index contributed by atoms with van der Waals surface area (Å²) in [6, 6.07) is 0. The van der Waals surface area contributed by atoms with Gasteiger partial charge < -0.3 is 10.2 Å². The Morgan fingerprint density at radius 2 is 2.08 bits per heavy atom. The van der Waals surface area contributed by atoms with Crippen LogP contribution in [0.3, 0.4) is 0 Å². The normalized spacial score (nSPS) is 50.5. The van der Waals surface area contributed by atoms with Crippen LogP contribution in [0.25, 0.3) is 0 Å². The van der Waals surface area contributed by atoms with E-state index in [4.69, 9.17) is 0 Å². The third-order valence-electron chi connectivity index (χ3n) is 8.63. The van der Waals surface area contributed by atoms with Crippen molar-refractivity contribution in [2.45, 2.75) is 70.5 Å². The molecule has 0 aromatic carbocycles. The molecular formula is C21H30O4S. The highest BCUT2D eigenvalue weighted by Gasteiger charge is 2.67. The molecule has 0 aromatic rings. The van der Waals surface area contributed by atoms with Crippen LogP contribution in [-0.2, 0) is 9.59 Å². The van der Waals surface area contributed by atoms with Crippen LogP contribution in [0.4, 0.5) is 0 Å². The van der Waals surface area contributed by atoms with Crippen LogP contribution in [0.5, 0.6) is 0 Å². The van der Waals surface area contributed by atoms with E-state index in [1.807, 2.05) is 6.92 Å². The molecule has 5 heteroatoms. The van der Waals surface area contributed by atoms with Crippen LogP contribution < -0.4 is 0 Å². The smallest absolute Gasteiger partial charge is 0.174 e. The van der Waals surface area contributed by atoms with Gasteiger partial charge in [0.2, 0.25) is 0 Å². The third kappa shape index (κ3) is 2.23. The third-order valence-corrected chi connectivity index (χ3v) is 8.91. The van der Waals surface area contributed by atoms with E-state index in [1.165, 1.54) is 5.57 Å². The molecule has 3 fully saturated rings. The molecule has 7 atom stereocenters. The monoisotopic (exact) mass is 378 g/mol. The van der Waals surface area contributed by atoms with Gasteiger partial charge in [-0.25, -0.2) is 0 Å². The number of rotatable bonds is 2. The molecule has 0 amide bonds. The fourth-order valence-corrected chi connectivity index (χ4v) is 7.46. The number of allylic oxidation sites excluding steroid dienone is 2. The molecular weight excluding hydrogens is 348 g/mol. The number of fused-ring (bicyclic) bond motifs is 5. The maximum absolute atomic E-state index is 12.5. The highest BCUT2D eigenvalue weighted by atomic mass is 32.1. The lowest BCUT2D eigenvalue weighted by molar-refractivity contribution is -0.176. The molecule has 0 radical (unpaired) electrons. The van der Waals surface area contributed by atoms with E-state index in [2.05, 4.69) is 25.6 Å². The molecule has 4 aliphatic rings. The van der Waals surface area contributed by atoms with Gasteiger partial charge in [0.25, 0.3) is 0 Å². The zero-order valence-corrected chi connectivity index (χ0v) is 16.6. The first-order chi connectivity index (χ1) is 12.2. The summed E-state index contributed by atoms with van der Waals surface area (Å²) < 4.78 is 0. The zero-order valence-electron chi connectivity index (χ0n) is 15.7. The molecule has 3 saturated carbocycles. The summed E-state index contributed by atoms with van der Waals surface area (Å²) in [6.45, 7) is 4.21. The summed E-state index contributed by atoms with van der Waals surface area (Å²) in [6.07, 6.45) is 6.17. The van der Waals surface area contributed by atoms with Gasteiger partial charge in [-0.1, -0.05) is 25.5 Å². The second-order valence-corrected chi connectivity index (χ2v) is 9.88. The summed E-state index contributed by atoms with van der Waals surface area (Å²) in [5, 5.41) is 22.5. The van der Waals surface area contributed by atoms with Crippen molar-refractivity contribution < 1.29 is 19.8 Å². The molecule has 0 aliphatic heterocycles. The van der Waals surface area contributed by atoms with Crippen LogP contribution in [-0.4, -0.2) is 39.2 Å². The summed E-state index contributed by atoms with van der Waals surface area (Å²) >= 11 is 4.12. The second-order valence-electron chi connectivity index (χ2n) is 9.56. The minimum absolute atomic E-state index is 0.0346. The Bertz CT molecular complexity index is 687. The van der Waals surface area contributed by atoms with Crippen LogP contribution >= 0.6 is 12.6 Å². The molecule has 0 heterocycles. The largest absolute Gasteiger partial charge is 0.393 e. The van der Waals surface area contributed by atoms with E-state index >= 15 is 0 Å². The number of Topliss-reactive ketones (excluding diaryl/α,β-unsaturated/α-hetero) is 2. The average molecular weight is 379 g/mol. The van der Waals surface area contributed by atoms with E-state index in [0.29, 0.717) is 31.5 Å². The first-order valence-corrected chi connectivity index (χ1v) is 10.6. The van der Waals surface area contributed by atoms with Crippen molar-refractivity contribution in [3.63, 3.8) is 0 Å². The van der Waals surface area contributed by atoms with E-state index < -0.39 is 17.1 Å². The molecule has 0 spiro atoms. The van der Waals surface area contributed by atoms with Gasteiger partial charge in [0.1, 0.15) is 11.4 Å². The molecule has 144 valence electrons. The molecule has 26 heavy (non-hydrogen) atoms. The highest BCUT2D eigenvalue weighted by molar-refractivity contribution is 7.81. The topological polar surface area (TPSA) is 74.6 Å². The van der Waals surface area contributed by atoms with Gasteiger partial charge in [0, 0.05) is 18.3 Å². The molecule has 0 saturated heterocycles. The summed E-state index contributed by atoms with van der Waals surface area (Å²) in [7, 11) is 0. The second kappa shape index (κ2) is 5.92. The molecule has 7 unspecified atom stereocenters. The van der Waals surface area contributed by atoms with Crippen molar-refractivity contribution in [2.24, 2.45) is 28.6 Å². The number of aliphatic hydroxyl groups is 2. The van der Waals surface area contributed by atoms with E-state index in [0.717, 1.165) is 19.3 Å². The maximum Gasteiger partial charge on any atom is 0.174 e. The molecule has 4 rings (SSSR count). The number of thiol groups is 1. The molecule has 4 aliphatic carbocycles. The quantitative estimate of drug-likeness (QED) is 0.510. The Hall–Kier alpha value is -0.650. The number of hydrogen-bond donors (Lipinski definition) is 3. The van der Waals surface area contributed by atoms with Crippen LogP contribution in [0.15, 0.2) is 11.6 Å². The number of ketones is 2. The average Bonchev–Trinajstić information content (AvgIpc) is 2.86. The van der Waals surface area contributed by atoms with Gasteiger partial charge in [0.05, 0.1) is 11.9 Å². The number of carbonyl (C=O) groups excluding carboxylic acids is 2. The standard InChI is InChI=1S/C21H30O4S/c1-19-7-5-13(22)9-12(19)3-4-14-15-6-8-21(25,17(24)11-26)20(15,2)10-16(23)18(14)19/h3,14-16,18,23,25-26H,4-11H2,1-2H3. The van der Waals surface area contributed by atoms with E-state index in [9.17, 15) is 19.8 Å². The fraction of sp³-hybridized carbons (Fsp3) is 0.810. The highest BCUT2D eigenvalue weighted by Crippen LogP contribution is 2.67.